The SMILES string of the molecule is CCCCCCCCCCCCCCCCN(CCN)CCCCCN. The van der Waals surface area contributed by atoms with Crippen LogP contribution >= 0.6 is 0 Å². The molecule has 4 N–H and O–H groups in total. The second kappa shape index (κ2) is 22.9. The van der Waals surface area contributed by atoms with E-state index < -0.39 is 0 Å². The minimum atomic E-state index is 0.787. The lowest BCUT2D eigenvalue weighted by molar-refractivity contribution is 0.267. The molecule has 0 aliphatic heterocycles. The minimum absolute atomic E-state index is 0.787. The van der Waals surface area contributed by atoms with Gasteiger partial charge in [-0.1, -0.05) is 96.8 Å². The van der Waals surface area contributed by atoms with Gasteiger partial charge in [0, 0.05) is 13.1 Å². The number of hydrogen-bond donors (Lipinski definition) is 2. The van der Waals surface area contributed by atoms with Crippen molar-refractivity contribution in [3.05, 3.63) is 0 Å². The van der Waals surface area contributed by atoms with Crippen LogP contribution in [0.15, 0.2) is 0 Å². The van der Waals surface area contributed by atoms with Crippen LogP contribution in [0, 0.1) is 0 Å². The van der Waals surface area contributed by atoms with Gasteiger partial charge in [-0.15, -0.1) is 0 Å². The van der Waals surface area contributed by atoms with Crippen molar-refractivity contribution in [3.8, 4) is 0 Å². The number of rotatable bonds is 22. The first-order valence-corrected chi connectivity index (χ1v) is 12.0. The zero-order valence-corrected chi connectivity index (χ0v) is 18.2. The first kappa shape index (κ1) is 25.9. The van der Waals surface area contributed by atoms with Crippen molar-refractivity contribution in [2.45, 2.75) is 116 Å². The molecule has 0 heterocycles. The smallest absolute Gasteiger partial charge is 0.0105 e. The van der Waals surface area contributed by atoms with E-state index >= 15 is 0 Å². The van der Waals surface area contributed by atoms with Gasteiger partial charge < -0.3 is 16.4 Å². The molecule has 26 heavy (non-hydrogen) atoms. The van der Waals surface area contributed by atoms with E-state index in [1.165, 1.54) is 116 Å². The molecule has 0 bridgehead atoms. The number of hydrogen-bond acceptors (Lipinski definition) is 3. The van der Waals surface area contributed by atoms with Crippen molar-refractivity contribution in [1.29, 1.82) is 0 Å². The van der Waals surface area contributed by atoms with Crippen LogP contribution in [-0.2, 0) is 0 Å². The highest BCUT2D eigenvalue weighted by Crippen LogP contribution is 2.13. The van der Waals surface area contributed by atoms with Gasteiger partial charge in [-0.2, -0.15) is 0 Å². The first-order chi connectivity index (χ1) is 12.8. The molecule has 158 valence electrons. The minimum Gasteiger partial charge on any atom is -0.330 e. The Labute approximate surface area is 165 Å². The van der Waals surface area contributed by atoms with E-state index in [0.717, 1.165) is 26.1 Å². The molecule has 0 unspecified atom stereocenters. The second-order valence-corrected chi connectivity index (χ2v) is 8.08. The molecule has 0 aliphatic rings. The lowest BCUT2D eigenvalue weighted by Crippen LogP contribution is -2.31. The summed E-state index contributed by atoms with van der Waals surface area (Å²) in [6.45, 7) is 7.40. The lowest BCUT2D eigenvalue weighted by Gasteiger charge is -2.21. The van der Waals surface area contributed by atoms with Gasteiger partial charge in [-0.05, 0) is 38.9 Å². The van der Waals surface area contributed by atoms with Crippen LogP contribution < -0.4 is 11.5 Å². The molecular formula is C23H51N3. The monoisotopic (exact) mass is 369 g/mol. The van der Waals surface area contributed by atoms with E-state index in [0.29, 0.717) is 0 Å². The fraction of sp³-hybridized carbons (Fsp3) is 1.00. The Morgan fingerprint density at radius 3 is 1.19 bits per heavy atom. The Balaban J connectivity index is 3.29. The standard InChI is InChI=1S/C23H51N3/c1-2-3-4-5-6-7-8-9-10-11-12-13-14-17-21-26(23-20-25)22-18-15-16-19-24/h2-25H2,1H3. The molecular weight excluding hydrogens is 318 g/mol. The number of unbranched alkanes of at least 4 members (excludes halogenated alkanes) is 15. The predicted molar refractivity (Wildman–Crippen MR) is 119 cm³/mol. The summed E-state index contributed by atoms with van der Waals surface area (Å²) in [6, 6.07) is 0. The maximum absolute atomic E-state index is 5.75. The van der Waals surface area contributed by atoms with Crippen LogP contribution in [0.1, 0.15) is 116 Å². The molecule has 0 spiro atoms. The molecule has 0 fully saturated rings. The molecule has 0 radical (unpaired) electrons. The van der Waals surface area contributed by atoms with Crippen LogP contribution in [0.2, 0.25) is 0 Å². The Kier molecular flexibility index (Phi) is 22.8. The van der Waals surface area contributed by atoms with E-state index in [9.17, 15) is 0 Å². The molecule has 0 atom stereocenters. The molecule has 0 aromatic rings. The molecule has 3 heteroatoms. The van der Waals surface area contributed by atoms with Gasteiger partial charge in [0.2, 0.25) is 0 Å². The molecule has 0 rings (SSSR count). The maximum atomic E-state index is 5.75. The lowest BCUT2D eigenvalue weighted by atomic mass is 10.0. The average Bonchev–Trinajstić information content (AvgIpc) is 2.65. The normalized spacial score (nSPS) is 11.5. The van der Waals surface area contributed by atoms with Crippen molar-refractivity contribution in [1.82, 2.24) is 4.90 Å². The Morgan fingerprint density at radius 1 is 0.423 bits per heavy atom. The van der Waals surface area contributed by atoms with E-state index in [4.69, 9.17) is 11.5 Å². The molecule has 0 saturated carbocycles. The maximum Gasteiger partial charge on any atom is 0.0105 e. The predicted octanol–water partition coefficient (Wildman–Crippen LogP) is 5.86. The Morgan fingerprint density at radius 2 is 0.808 bits per heavy atom. The first-order valence-electron chi connectivity index (χ1n) is 12.0. The average molecular weight is 370 g/mol. The van der Waals surface area contributed by atoms with Crippen LogP contribution in [0.5, 0.6) is 0 Å². The van der Waals surface area contributed by atoms with Crippen LogP contribution in [-0.4, -0.2) is 37.6 Å². The number of nitrogens with zero attached hydrogens (tertiary/aromatic N) is 1. The van der Waals surface area contributed by atoms with Crippen molar-refractivity contribution >= 4 is 0 Å². The van der Waals surface area contributed by atoms with Crippen molar-refractivity contribution < 1.29 is 0 Å². The quantitative estimate of drug-likeness (QED) is 0.235. The van der Waals surface area contributed by atoms with Gasteiger partial charge in [-0.25, -0.2) is 0 Å². The summed E-state index contributed by atoms with van der Waals surface area (Å²) >= 11 is 0. The Hall–Kier alpha value is -0.120. The van der Waals surface area contributed by atoms with Crippen molar-refractivity contribution in [3.63, 3.8) is 0 Å². The van der Waals surface area contributed by atoms with E-state index in [1.54, 1.807) is 0 Å². The van der Waals surface area contributed by atoms with Crippen molar-refractivity contribution in [2.24, 2.45) is 11.5 Å². The fourth-order valence-corrected chi connectivity index (χ4v) is 3.70. The third kappa shape index (κ3) is 20.2. The van der Waals surface area contributed by atoms with Gasteiger partial charge >= 0.3 is 0 Å². The van der Waals surface area contributed by atoms with Gasteiger partial charge in [-0.3, -0.25) is 0 Å². The summed E-state index contributed by atoms with van der Waals surface area (Å²) in [5.41, 5.74) is 11.3. The van der Waals surface area contributed by atoms with Crippen LogP contribution in [0.25, 0.3) is 0 Å². The molecule has 0 aromatic carbocycles. The summed E-state index contributed by atoms with van der Waals surface area (Å²) in [7, 11) is 0. The van der Waals surface area contributed by atoms with E-state index in [1.807, 2.05) is 0 Å². The summed E-state index contributed by atoms with van der Waals surface area (Å²) < 4.78 is 0. The molecule has 0 aromatic heterocycles. The zero-order chi connectivity index (χ0) is 19.1. The second-order valence-electron chi connectivity index (χ2n) is 8.08. The number of nitrogens with two attached hydrogens (primary N) is 2. The third-order valence-electron chi connectivity index (χ3n) is 5.45. The molecule has 0 aliphatic carbocycles. The zero-order valence-electron chi connectivity index (χ0n) is 18.2. The summed E-state index contributed by atoms with van der Waals surface area (Å²) in [6.07, 6.45) is 23.7. The summed E-state index contributed by atoms with van der Waals surface area (Å²) in [5.74, 6) is 0. The van der Waals surface area contributed by atoms with Gasteiger partial charge in [0.25, 0.3) is 0 Å². The summed E-state index contributed by atoms with van der Waals surface area (Å²) in [4.78, 5) is 2.55. The molecule has 0 saturated heterocycles. The summed E-state index contributed by atoms with van der Waals surface area (Å²) in [5, 5.41) is 0. The van der Waals surface area contributed by atoms with Crippen molar-refractivity contribution in [2.75, 3.05) is 32.7 Å². The van der Waals surface area contributed by atoms with Crippen LogP contribution in [0.3, 0.4) is 0 Å². The fourth-order valence-electron chi connectivity index (χ4n) is 3.70. The van der Waals surface area contributed by atoms with Gasteiger partial charge in [0.15, 0.2) is 0 Å². The van der Waals surface area contributed by atoms with Gasteiger partial charge in [0.1, 0.15) is 0 Å². The molecule has 3 nitrogen and oxygen atoms in total. The van der Waals surface area contributed by atoms with E-state index in [-0.39, 0.29) is 0 Å². The third-order valence-corrected chi connectivity index (χ3v) is 5.45. The highest BCUT2D eigenvalue weighted by Gasteiger charge is 2.03. The van der Waals surface area contributed by atoms with Gasteiger partial charge in [0.05, 0.1) is 0 Å². The highest BCUT2D eigenvalue weighted by atomic mass is 15.1. The molecule has 0 amide bonds. The topological polar surface area (TPSA) is 55.3 Å². The largest absolute Gasteiger partial charge is 0.330 e. The highest BCUT2D eigenvalue weighted by molar-refractivity contribution is 4.60. The Bertz CT molecular complexity index is 246. The van der Waals surface area contributed by atoms with Crippen LogP contribution in [0.4, 0.5) is 0 Å². The van der Waals surface area contributed by atoms with E-state index in [2.05, 4.69) is 11.8 Å².